The molecule has 1 atom stereocenters. The third-order valence-corrected chi connectivity index (χ3v) is 5.65. The molecule has 0 spiro atoms. The first kappa shape index (κ1) is 21.5. The highest BCUT2D eigenvalue weighted by Crippen LogP contribution is 2.26. The largest absolute Gasteiger partial charge is 0.497 e. The standard InChI is InChI=1S/C18H29N3O5S/c1-4-17(18(22)19-8-9-20-10-12-26-13-11-20)21(27(3,23)24)15-6-5-7-16(14-15)25-2/h5-7,14,17H,4,8-13H2,1-3H3,(H,19,22). The molecule has 1 aliphatic heterocycles. The zero-order valence-electron chi connectivity index (χ0n) is 16.2. The van der Waals surface area contributed by atoms with Crippen molar-refractivity contribution in [3.05, 3.63) is 24.3 Å². The molecule has 9 heteroatoms. The molecule has 1 heterocycles. The Bertz CT molecular complexity index is 719. The first-order valence-corrected chi connectivity index (χ1v) is 10.9. The molecule has 8 nitrogen and oxygen atoms in total. The first-order chi connectivity index (χ1) is 12.9. The Morgan fingerprint density at radius 1 is 1.37 bits per heavy atom. The molecule has 1 unspecified atom stereocenters. The van der Waals surface area contributed by atoms with Crippen LogP contribution >= 0.6 is 0 Å². The van der Waals surface area contributed by atoms with Crippen LogP contribution in [0.15, 0.2) is 24.3 Å². The van der Waals surface area contributed by atoms with Gasteiger partial charge in [0, 0.05) is 32.2 Å². The number of ether oxygens (including phenoxy) is 2. The van der Waals surface area contributed by atoms with Crippen molar-refractivity contribution in [1.82, 2.24) is 10.2 Å². The van der Waals surface area contributed by atoms with Gasteiger partial charge in [-0.25, -0.2) is 8.42 Å². The summed E-state index contributed by atoms with van der Waals surface area (Å²) in [6.07, 6.45) is 1.46. The third-order valence-electron chi connectivity index (χ3n) is 4.47. The van der Waals surface area contributed by atoms with Gasteiger partial charge in [0.05, 0.1) is 32.3 Å². The summed E-state index contributed by atoms with van der Waals surface area (Å²) >= 11 is 0. The second kappa shape index (κ2) is 9.91. The molecule has 152 valence electrons. The van der Waals surface area contributed by atoms with Crippen LogP contribution in [0.3, 0.4) is 0 Å². The van der Waals surface area contributed by atoms with Gasteiger partial charge in [-0.15, -0.1) is 0 Å². The number of carbonyl (C=O) groups excluding carboxylic acids is 1. The van der Waals surface area contributed by atoms with E-state index in [1.165, 1.54) is 11.4 Å². The van der Waals surface area contributed by atoms with Crippen LogP contribution in [0.1, 0.15) is 13.3 Å². The predicted molar refractivity (Wildman–Crippen MR) is 105 cm³/mol. The van der Waals surface area contributed by atoms with E-state index in [0.29, 0.717) is 44.2 Å². The van der Waals surface area contributed by atoms with E-state index in [1.807, 2.05) is 0 Å². The van der Waals surface area contributed by atoms with Crippen LogP contribution in [-0.2, 0) is 19.6 Å². The molecule has 1 aliphatic rings. The Hall–Kier alpha value is -1.84. The van der Waals surface area contributed by atoms with Crippen molar-refractivity contribution < 1.29 is 22.7 Å². The highest BCUT2D eigenvalue weighted by atomic mass is 32.2. The van der Waals surface area contributed by atoms with E-state index < -0.39 is 16.1 Å². The number of carbonyl (C=O) groups is 1. The molecule has 0 aliphatic carbocycles. The Kier molecular flexibility index (Phi) is 7.88. The van der Waals surface area contributed by atoms with Crippen LogP contribution < -0.4 is 14.4 Å². The van der Waals surface area contributed by atoms with Gasteiger partial charge in [-0.1, -0.05) is 13.0 Å². The lowest BCUT2D eigenvalue weighted by Gasteiger charge is -2.31. The van der Waals surface area contributed by atoms with Crippen LogP contribution in [0.5, 0.6) is 5.75 Å². The summed E-state index contributed by atoms with van der Waals surface area (Å²) in [6, 6.07) is 5.89. The van der Waals surface area contributed by atoms with E-state index in [2.05, 4.69) is 10.2 Å². The Morgan fingerprint density at radius 2 is 2.07 bits per heavy atom. The topological polar surface area (TPSA) is 88.2 Å². The van der Waals surface area contributed by atoms with Gasteiger partial charge in [0.2, 0.25) is 15.9 Å². The molecule has 0 aromatic heterocycles. The highest BCUT2D eigenvalue weighted by Gasteiger charge is 2.31. The lowest BCUT2D eigenvalue weighted by molar-refractivity contribution is -0.122. The van der Waals surface area contributed by atoms with Gasteiger partial charge in [-0.3, -0.25) is 14.0 Å². The van der Waals surface area contributed by atoms with Crippen LogP contribution in [0, 0.1) is 0 Å². The molecule has 1 aromatic carbocycles. The zero-order valence-corrected chi connectivity index (χ0v) is 17.0. The molecule has 0 bridgehead atoms. The first-order valence-electron chi connectivity index (χ1n) is 9.08. The third kappa shape index (κ3) is 6.08. The van der Waals surface area contributed by atoms with Crippen molar-refractivity contribution in [2.75, 3.05) is 57.1 Å². The van der Waals surface area contributed by atoms with E-state index in [9.17, 15) is 13.2 Å². The number of benzene rings is 1. The van der Waals surface area contributed by atoms with E-state index in [4.69, 9.17) is 9.47 Å². The summed E-state index contributed by atoms with van der Waals surface area (Å²) in [5.41, 5.74) is 0.409. The van der Waals surface area contributed by atoms with Gasteiger partial charge in [0.25, 0.3) is 0 Å². The van der Waals surface area contributed by atoms with Crippen molar-refractivity contribution in [3.8, 4) is 5.75 Å². The number of methoxy groups -OCH3 is 1. The fourth-order valence-corrected chi connectivity index (χ4v) is 4.29. The van der Waals surface area contributed by atoms with Crippen LogP contribution in [0.25, 0.3) is 0 Å². The van der Waals surface area contributed by atoms with Crippen molar-refractivity contribution in [3.63, 3.8) is 0 Å². The van der Waals surface area contributed by atoms with Crippen molar-refractivity contribution in [2.45, 2.75) is 19.4 Å². The van der Waals surface area contributed by atoms with Crippen LogP contribution in [-0.4, -0.2) is 78.0 Å². The molecule has 1 fully saturated rings. The van der Waals surface area contributed by atoms with Gasteiger partial charge < -0.3 is 14.8 Å². The molecule has 0 saturated carbocycles. The Morgan fingerprint density at radius 3 is 2.67 bits per heavy atom. The van der Waals surface area contributed by atoms with Gasteiger partial charge in [0.1, 0.15) is 11.8 Å². The highest BCUT2D eigenvalue weighted by molar-refractivity contribution is 7.92. The summed E-state index contributed by atoms with van der Waals surface area (Å²) in [4.78, 5) is 14.9. The number of morpholine rings is 1. The number of anilines is 1. The maximum Gasteiger partial charge on any atom is 0.243 e. The summed E-state index contributed by atoms with van der Waals surface area (Å²) in [5.74, 6) is 0.225. The second-order valence-corrected chi connectivity index (χ2v) is 8.29. The summed E-state index contributed by atoms with van der Waals surface area (Å²) < 4.78 is 36.5. The fraction of sp³-hybridized carbons (Fsp3) is 0.611. The molecule has 0 radical (unpaired) electrons. The maximum absolute atomic E-state index is 12.7. The van der Waals surface area contributed by atoms with Gasteiger partial charge >= 0.3 is 0 Å². The van der Waals surface area contributed by atoms with Gasteiger partial charge in [0.15, 0.2) is 0 Å². The minimum Gasteiger partial charge on any atom is -0.497 e. The number of amides is 1. The summed E-state index contributed by atoms with van der Waals surface area (Å²) in [7, 11) is -2.14. The monoisotopic (exact) mass is 399 g/mol. The van der Waals surface area contributed by atoms with Crippen molar-refractivity contribution >= 4 is 21.6 Å². The number of hydrogen-bond donors (Lipinski definition) is 1. The van der Waals surface area contributed by atoms with Crippen molar-refractivity contribution in [2.24, 2.45) is 0 Å². The second-order valence-electron chi connectivity index (χ2n) is 6.43. The van der Waals surface area contributed by atoms with E-state index >= 15 is 0 Å². The number of nitrogens with zero attached hydrogens (tertiary/aromatic N) is 2. The average molecular weight is 400 g/mol. The fourth-order valence-electron chi connectivity index (χ4n) is 3.09. The lowest BCUT2D eigenvalue weighted by Crippen LogP contribution is -2.50. The molecular weight excluding hydrogens is 370 g/mol. The average Bonchev–Trinajstić information content (AvgIpc) is 2.65. The zero-order chi connectivity index (χ0) is 19.9. The lowest BCUT2D eigenvalue weighted by atomic mass is 10.2. The molecule has 1 aromatic rings. The Labute approximate surface area is 161 Å². The molecule has 27 heavy (non-hydrogen) atoms. The summed E-state index contributed by atoms with van der Waals surface area (Å²) in [5, 5.41) is 2.87. The number of sulfonamides is 1. The minimum absolute atomic E-state index is 0.306. The number of nitrogens with one attached hydrogen (secondary N) is 1. The molecule has 1 N–H and O–H groups in total. The quantitative estimate of drug-likeness (QED) is 0.657. The molecule has 1 saturated heterocycles. The van der Waals surface area contributed by atoms with E-state index in [-0.39, 0.29) is 5.91 Å². The van der Waals surface area contributed by atoms with Crippen molar-refractivity contribution in [1.29, 1.82) is 0 Å². The molecule has 1 amide bonds. The van der Waals surface area contributed by atoms with E-state index in [1.54, 1.807) is 31.2 Å². The minimum atomic E-state index is -3.65. The predicted octanol–water partition coefficient (Wildman–Crippen LogP) is 0.688. The van der Waals surface area contributed by atoms with Crippen LogP contribution in [0.2, 0.25) is 0 Å². The smallest absolute Gasteiger partial charge is 0.243 e. The number of hydrogen-bond acceptors (Lipinski definition) is 6. The molecule has 2 rings (SSSR count). The van der Waals surface area contributed by atoms with Crippen LogP contribution in [0.4, 0.5) is 5.69 Å². The summed E-state index contributed by atoms with van der Waals surface area (Å²) in [6.45, 7) is 6.05. The number of rotatable bonds is 9. The maximum atomic E-state index is 12.7. The van der Waals surface area contributed by atoms with E-state index in [0.717, 1.165) is 19.3 Å². The normalized spacial score (nSPS) is 16.6. The molecular formula is C18H29N3O5S. The van der Waals surface area contributed by atoms with Gasteiger partial charge in [-0.2, -0.15) is 0 Å². The SMILES string of the molecule is CCC(C(=O)NCCN1CCOCC1)N(c1cccc(OC)c1)S(C)(=O)=O. The van der Waals surface area contributed by atoms with Gasteiger partial charge in [-0.05, 0) is 18.6 Å². The Balaban J connectivity index is 2.10.